The van der Waals surface area contributed by atoms with Gasteiger partial charge < -0.3 is 10.5 Å². The van der Waals surface area contributed by atoms with Gasteiger partial charge in [0.25, 0.3) is 0 Å². The van der Waals surface area contributed by atoms with Crippen molar-refractivity contribution >= 4 is 9.84 Å². The van der Waals surface area contributed by atoms with Crippen LogP contribution in [0.2, 0.25) is 0 Å². The first-order chi connectivity index (χ1) is 8.56. The van der Waals surface area contributed by atoms with E-state index in [1.807, 2.05) is 0 Å². The molecule has 3 aliphatic rings. The Bertz CT molecular complexity index is 425. The van der Waals surface area contributed by atoms with Crippen LogP contribution in [0.15, 0.2) is 0 Å². The highest BCUT2D eigenvalue weighted by atomic mass is 32.2. The van der Waals surface area contributed by atoms with Crippen LogP contribution in [-0.2, 0) is 14.6 Å². The van der Waals surface area contributed by atoms with Crippen molar-refractivity contribution in [1.82, 2.24) is 4.90 Å². The van der Waals surface area contributed by atoms with Gasteiger partial charge in [0.2, 0.25) is 0 Å². The molecule has 0 aromatic heterocycles. The van der Waals surface area contributed by atoms with Gasteiger partial charge in [-0.2, -0.15) is 0 Å². The highest BCUT2D eigenvalue weighted by Gasteiger charge is 2.51. The molecule has 6 heteroatoms. The zero-order valence-corrected chi connectivity index (χ0v) is 11.5. The fourth-order valence-corrected chi connectivity index (χ4v) is 6.00. The van der Waals surface area contributed by atoms with E-state index in [1.54, 1.807) is 0 Å². The van der Waals surface area contributed by atoms with Gasteiger partial charge in [-0.15, -0.1) is 0 Å². The average molecular weight is 274 g/mol. The molecule has 2 saturated heterocycles. The second-order valence-corrected chi connectivity index (χ2v) is 8.06. The number of rotatable bonds is 2. The molecule has 3 unspecified atom stereocenters. The molecule has 2 N–H and O–H groups in total. The molecule has 104 valence electrons. The summed E-state index contributed by atoms with van der Waals surface area (Å²) in [7, 11) is -2.91. The molecule has 3 atom stereocenters. The summed E-state index contributed by atoms with van der Waals surface area (Å²) in [6, 6.07) is 0.385. The molecule has 18 heavy (non-hydrogen) atoms. The molecule has 2 heterocycles. The van der Waals surface area contributed by atoms with Crippen LogP contribution in [0.1, 0.15) is 25.7 Å². The third kappa shape index (κ3) is 1.99. The number of ether oxygens (including phenoxy) is 1. The molecule has 2 aliphatic heterocycles. The van der Waals surface area contributed by atoms with E-state index in [2.05, 4.69) is 4.90 Å². The van der Waals surface area contributed by atoms with E-state index in [1.165, 1.54) is 6.42 Å². The lowest BCUT2D eigenvalue weighted by molar-refractivity contribution is -0.0915. The maximum absolute atomic E-state index is 11.8. The standard InChI is InChI=1S/C12H22N2O3S/c13-8-12(4-7-18(15,16)9-12)14-5-6-17-11-3-1-2-10(11)14/h10-11H,1-9,13H2. The van der Waals surface area contributed by atoms with Gasteiger partial charge in [-0.25, -0.2) is 8.42 Å². The molecule has 0 aromatic rings. The van der Waals surface area contributed by atoms with Crippen molar-refractivity contribution in [2.24, 2.45) is 5.73 Å². The number of nitrogens with two attached hydrogens (primary N) is 1. The monoisotopic (exact) mass is 274 g/mol. The largest absolute Gasteiger partial charge is 0.375 e. The van der Waals surface area contributed by atoms with Gasteiger partial charge in [0.1, 0.15) is 0 Å². The smallest absolute Gasteiger partial charge is 0.152 e. The number of fused-ring (bicyclic) bond motifs is 1. The first-order valence-electron chi connectivity index (χ1n) is 6.85. The number of morpholine rings is 1. The van der Waals surface area contributed by atoms with Gasteiger partial charge in [-0.1, -0.05) is 0 Å². The summed E-state index contributed by atoms with van der Waals surface area (Å²) < 4.78 is 29.5. The topological polar surface area (TPSA) is 72.6 Å². The number of hydrogen-bond acceptors (Lipinski definition) is 5. The van der Waals surface area contributed by atoms with E-state index in [0.29, 0.717) is 37.5 Å². The van der Waals surface area contributed by atoms with Gasteiger partial charge in [0.05, 0.1) is 24.2 Å². The minimum absolute atomic E-state index is 0.236. The average Bonchev–Trinajstić information content (AvgIpc) is 2.93. The first-order valence-corrected chi connectivity index (χ1v) is 8.67. The summed E-state index contributed by atoms with van der Waals surface area (Å²) in [6.07, 6.45) is 4.39. The molecular formula is C12H22N2O3S. The molecule has 0 radical (unpaired) electrons. The quantitative estimate of drug-likeness (QED) is 0.752. The molecule has 0 bridgehead atoms. The molecule has 0 amide bonds. The lowest BCUT2D eigenvalue weighted by Gasteiger charge is -2.48. The van der Waals surface area contributed by atoms with Gasteiger partial charge in [-0.05, 0) is 25.7 Å². The zero-order valence-electron chi connectivity index (χ0n) is 10.7. The van der Waals surface area contributed by atoms with Crippen LogP contribution in [0.5, 0.6) is 0 Å². The van der Waals surface area contributed by atoms with Crippen molar-refractivity contribution < 1.29 is 13.2 Å². The van der Waals surface area contributed by atoms with Crippen LogP contribution in [0.3, 0.4) is 0 Å². The van der Waals surface area contributed by atoms with Crippen LogP contribution in [-0.4, -0.2) is 62.2 Å². The Kier molecular flexibility index (Phi) is 3.17. The summed E-state index contributed by atoms with van der Waals surface area (Å²) in [4.78, 5) is 2.37. The second-order valence-electron chi connectivity index (χ2n) is 5.87. The Hall–Kier alpha value is -0.170. The molecule has 5 nitrogen and oxygen atoms in total. The Balaban J connectivity index is 1.87. The van der Waals surface area contributed by atoms with E-state index in [9.17, 15) is 8.42 Å². The SMILES string of the molecule is NCC1(N2CCOC3CCCC32)CCS(=O)(=O)C1. The lowest BCUT2D eigenvalue weighted by Crippen LogP contribution is -2.63. The summed E-state index contributed by atoms with van der Waals surface area (Å²) >= 11 is 0. The van der Waals surface area contributed by atoms with E-state index in [4.69, 9.17) is 10.5 Å². The maximum Gasteiger partial charge on any atom is 0.152 e. The lowest BCUT2D eigenvalue weighted by atomic mass is 9.92. The summed E-state index contributed by atoms with van der Waals surface area (Å²) in [5.41, 5.74) is 5.63. The zero-order chi connectivity index (χ0) is 12.8. The molecule has 0 aromatic carbocycles. The minimum atomic E-state index is -2.91. The van der Waals surface area contributed by atoms with E-state index in [-0.39, 0.29) is 11.3 Å². The van der Waals surface area contributed by atoms with Crippen molar-refractivity contribution in [2.45, 2.75) is 43.4 Å². The molecule has 3 rings (SSSR count). The van der Waals surface area contributed by atoms with E-state index < -0.39 is 9.84 Å². The summed E-state index contributed by atoms with van der Waals surface area (Å²) in [5, 5.41) is 0. The van der Waals surface area contributed by atoms with Gasteiger partial charge in [0, 0.05) is 24.7 Å². The molecule has 1 saturated carbocycles. The number of nitrogens with zero attached hydrogens (tertiary/aromatic N) is 1. The Morgan fingerprint density at radius 3 is 2.89 bits per heavy atom. The second kappa shape index (κ2) is 4.44. The molecule has 1 aliphatic carbocycles. The van der Waals surface area contributed by atoms with Crippen molar-refractivity contribution in [1.29, 1.82) is 0 Å². The fourth-order valence-electron chi connectivity index (χ4n) is 3.92. The third-order valence-corrected chi connectivity index (χ3v) is 6.64. The maximum atomic E-state index is 11.8. The van der Waals surface area contributed by atoms with Crippen molar-refractivity contribution in [3.05, 3.63) is 0 Å². The molecular weight excluding hydrogens is 252 g/mol. The minimum Gasteiger partial charge on any atom is -0.375 e. The van der Waals surface area contributed by atoms with Crippen LogP contribution in [0, 0.1) is 0 Å². The summed E-state index contributed by atoms with van der Waals surface area (Å²) in [5.74, 6) is 0.526. The Labute approximate surface area is 109 Å². The predicted molar refractivity (Wildman–Crippen MR) is 69.1 cm³/mol. The van der Waals surface area contributed by atoms with Crippen molar-refractivity contribution in [3.63, 3.8) is 0 Å². The first kappa shape index (κ1) is 12.8. The van der Waals surface area contributed by atoms with Gasteiger partial charge >= 0.3 is 0 Å². The normalized spacial score (nSPS) is 44.1. The molecule has 0 spiro atoms. The van der Waals surface area contributed by atoms with Crippen LogP contribution >= 0.6 is 0 Å². The Morgan fingerprint density at radius 2 is 2.22 bits per heavy atom. The number of hydrogen-bond donors (Lipinski definition) is 1. The molecule has 3 fully saturated rings. The van der Waals surface area contributed by atoms with Gasteiger partial charge in [0.15, 0.2) is 9.84 Å². The number of sulfone groups is 1. The van der Waals surface area contributed by atoms with Crippen LogP contribution < -0.4 is 5.73 Å². The van der Waals surface area contributed by atoms with Gasteiger partial charge in [-0.3, -0.25) is 4.90 Å². The Morgan fingerprint density at radius 1 is 1.39 bits per heavy atom. The van der Waals surface area contributed by atoms with E-state index in [0.717, 1.165) is 19.4 Å². The fraction of sp³-hybridized carbons (Fsp3) is 1.00. The van der Waals surface area contributed by atoms with Crippen molar-refractivity contribution in [2.75, 3.05) is 31.2 Å². The van der Waals surface area contributed by atoms with Crippen LogP contribution in [0.4, 0.5) is 0 Å². The predicted octanol–water partition coefficient (Wildman–Crippen LogP) is -0.244. The van der Waals surface area contributed by atoms with Crippen LogP contribution in [0.25, 0.3) is 0 Å². The highest BCUT2D eigenvalue weighted by molar-refractivity contribution is 7.91. The third-order valence-electron chi connectivity index (χ3n) is 4.84. The highest BCUT2D eigenvalue weighted by Crippen LogP contribution is 2.38. The van der Waals surface area contributed by atoms with Crippen molar-refractivity contribution in [3.8, 4) is 0 Å². The van der Waals surface area contributed by atoms with E-state index >= 15 is 0 Å². The summed E-state index contributed by atoms with van der Waals surface area (Å²) in [6.45, 7) is 1.98.